The first-order chi connectivity index (χ1) is 15.8. The standard InChI is InChI=1S/C25H34BrN3O4S/c1-7-18(3)27-25(31)20(5)28(15-21-11-13-22(26)14-12-21)24(30)16-29(34(6,32)33)23-10-8-9-17(2)19(23)4/h8-14,18,20H,7,15-16H2,1-6H3,(H,27,31)/t18-,20+/m1/s1. The van der Waals surface area contributed by atoms with Gasteiger partial charge in [-0.3, -0.25) is 13.9 Å². The molecule has 0 radical (unpaired) electrons. The maximum atomic E-state index is 13.6. The van der Waals surface area contributed by atoms with Crippen LogP contribution in [0.25, 0.3) is 0 Å². The highest BCUT2D eigenvalue weighted by molar-refractivity contribution is 9.10. The van der Waals surface area contributed by atoms with Gasteiger partial charge in [0.05, 0.1) is 11.9 Å². The fourth-order valence-corrected chi connectivity index (χ4v) is 4.60. The van der Waals surface area contributed by atoms with Crippen LogP contribution < -0.4 is 9.62 Å². The molecule has 2 aromatic rings. The Morgan fingerprint density at radius 3 is 2.24 bits per heavy atom. The number of nitrogens with zero attached hydrogens (tertiary/aromatic N) is 2. The lowest BCUT2D eigenvalue weighted by atomic mass is 10.1. The van der Waals surface area contributed by atoms with Crippen molar-refractivity contribution in [1.82, 2.24) is 10.2 Å². The normalized spacial score (nSPS) is 13.1. The SMILES string of the molecule is CC[C@@H](C)NC(=O)[C@H](C)N(Cc1ccc(Br)cc1)C(=O)CN(c1cccc(C)c1C)S(C)(=O)=O. The maximum absolute atomic E-state index is 13.6. The van der Waals surface area contributed by atoms with Crippen molar-refractivity contribution in [3.05, 3.63) is 63.6 Å². The monoisotopic (exact) mass is 551 g/mol. The summed E-state index contributed by atoms with van der Waals surface area (Å²) in [7, 11) is -3.75. The Morgan fingerprint density at radius 1 is 1.06 bits per heavy atom. The molecule has 0 bridgehead atoms. The number of anilines is 1. The summed E-state index contributed by atoms with van der Waals surface area (Å²) in [6, 6.07) is 12.0. The lowest BCUT2D eigenvalue weighted by Gasteiger charge is -2.32. The van der Waals surface area contributed by atoms with E-state index >= 15 is 0 Å². The fourth-order valence-electron chi connectivity index (χ4n) is 3.44. The molecule has 2 aromatic carbocycles. The van der Waals surface area contributed by atoms with Crippen LogP contribution in [0.2, 0.25) is 0 Å². The summed E-state index contributed by atoms with van der Waals surface area (Å²) in [4.78, 5) is 27.9. The molecule has 0 saturated heterocycles. The third-order valence-electron chi connectivity index (χ3n) is 5.96. The first-order valence-electron chi connectivity index (χ1n) is 11.2. The quantitative estimate of drug-likeness (QED) is 0.480. The number of halogens is 1. The molecule has 0 saturated carbocycles. The maximum Gasteiger partial charge on any atom is 0.244 e. The largest absolute Gasteiger partial charge is 0.352 e. The predicted molar refractivity (Wildman–Crippen MR) is 140 cm³/mol. The number of hydrogen-bond donors (Lipinski definition) is 1. The van der Waals surface area contributed by atoms with E-state index in [1.165, 1.54) is 4.90 Å². The van der Waals surface area contributed by atoms with Crippen molar-refractivity contribution in [2.24, 2.45) is 0 Å². The van der Waals surface area contributed by atoms with Crippen LogP contribution in [0.15, 0.2) is 46.9 Å². The van der Waals surface area contributed by atoms with E-state index in [1.54, 1.807) is 19.1 Å². The van der Waals surface area contributed by atoms with E-state index in [4.69, 9.17) is 0 Å². The predicted octanol–water partition coefficient (Wildman–Crippen LogP) is 4.16. The molecule has 0 fully saturated rings. The molecular formula is C25H34BrN3O4S. The second-order valence-corrected chi connectivity index (χ2v) is 11.5. The van der Waals surface area contributed by atoms with Gasteiger partial charge in [0.15, 0.2) is 0 Å². The zero-order valence-electron chi connectivity index (χ0n) is 20.6. The van der Waals surface area contributed by atoms with Crippen LogP contribution in [0.1, 0.15) is 43.9 Å². The van der Waals surface area contributed by atoms with Crippen LogP contribution in [-0.4, -0.2) is 50.0 Å². The average molecular weight is 553 g/mol. The average Bonchev–Trinajstić information content (AvgIpc) is 2.77. The minimum Gasteiger partial charge on any atom is -0.352 e. The Kier molecular flexibility index (Phi) is 9.70. The van der Waals surface area contributed by atoms with Crippen molar-refractivity contribution in [3.8, 4) is 0 Å². The number of carbonyl (C=O) groups excluding carboxylic acids is 2. The van der Waals surface area contributed by atoms with Crippen molar-refractivity contribution in [2.75, 3.05) is 17.1 Å². The molecule has 34 heavy (non-hydrogen) atoms. The van der Waals surface area contributed by atoms with Gasteiger partial charge in [-0.1, -0.05) is 47.1 Å². The van der Waals surface area contributed by atoms with Crippen molar-refractivity contribution in [2.45, 2.75) is 59.7 Å². The molecule has 9 heteroatoms. The van der Waals surface area contributed by atoms with Crippen molar-refractivity contribution in [1.29, 1.82) is 0 Å². The third-order valence-corrected chi connectivity index (χ3v) is 7.61. The van der Waals surface area contributed by atoms with Gasteiger partial charge in [-0.15, -0.1) is 0 Å². The molecule has 0 heterocycles. The van der Waals surface area contributed by atoms with Gasteiger partial charge in [-0.05, 0) is 69.0 Å². The highest BCUT2D eigenvalue weighted by Crippen LogP contribution is 2.25. The van der Waals surface area contributed by atoms with Gasteiger partial charge in [0.1, 0.15) is 12.6 Å². The Hall–Kier alpha value is -2.39. The Balaban J connectivity index is 2.42. The number of sulfonamides is 1. The number of hydrogen-bond acceptors (Lipinski definition) is 4. The molecule has 0 unspecified atom stereocenters. The van der Waals surface area contributed by atoms with Crippen LogP contribution in [0, 0.1) is 13.8 Å². The van der Waals surface area contributed by atoms with Crippen LogP contribution in [0.5, 0.6) is 0 Å². The molecule has 2 amide bonds. The first kappa shape index (κ1) is 27.9. The van der Waals surface area contributed by atoms with E-state index in [1.807, 2.05) is 58.0 Å². The summed E-state index contributed by atoms with van der Waals surface area (Å²) in [5.41, 5.74) is 2.99. The van der Waals surface area contributed by atoms with Gasteiger partial charge in [-0.2, -0.15) is 0 Å². The van der Waals surface area contributed by atoms with Gasteiger partial charge in [-0.25, -0.2) is 8.42 Å². The van der Waals surface area contributed by atoms with Gasteiger partial charge in [0.25, 0.3) is 0 Å². The molecule has 2 rings (SSSR count). The highest BCUT2D eigenvalue weighted by Gasteiger charge is 2.31. The van der Waals surface area contributed by atoms with Gasteiger partial charge in [0.2, 0.25) is 21.8 Å². The summed E-state index contributed by atoms with van der Waals surface area (Å²) in [5.74, 6) is -0.737. The molecule has 0 aliphatic carbocycles. The second-order valence-electron chi connectivity index (χ2n) is 8.63. The number of rotatable bonds is 10. The Bertz CT molecular complexity index is 1120. The van der Waals surface area contributed by atoms with Gasteiger partial charge < -0.3 is 10.2 Å². The fraction of sp³-hybridized carbons (Fsp3) is 0.440. The highest BCUT2D eigenvalue weighted by atomic mass is 79.9. The van der Waals surface area contributed by atoms with Crippen LogP contribution in [-0.2, 0) is 26.2 Å². The number of carbonyl (C=O) groups is 2. The van der Waals surface area contributed by atoms with Crippen LogP contribution >= 0.6 is 15.9 Å². The van der Waals surface area contributed by atoms with E-state index in [0.717, 1.165) is 38.1 Å². The van der Waals surface area contributed by atoms with Gasteiger partial charge >= 0.3 is 0 Å². The molecule has 1 N–H and O–H groups in total. The van der Waals surface area contributed by atoms with Crippen molar-refractivity contribution < 1.29 is 18.0 Å². The number of benzene rings is 2. The second kappa shape index (κ2) is 11.8. The minimum absolute atomic E-state index is 0.0398. The zero-order chi connectivity index (χ0) is 25.6. The molecule has 0 spiro atoms. The lowest BCUT2D eigenvalue weighted by Crippen LogP contribution is -2.52. The molecule has 0 aliphatic rings. The Labute approximate surface area is 211 Å². The van der Waals surface area contributed by atoms with Crippen molar-refractivity contribution >= 4 is 43.5 Å². The Morgan fingerprint density at radius 2 is 1.68 bits per heavy atom. The molecule has 186 valence electrons. The number of aryl methyl sites for hydroxylation is 1. The van der Waals surface area contributed by atoms with Crippen molar-refractivity contribution in [3.63, 3.8) is 0 Å². The summed E-state index contributed by atoms with van der Waals surface area (Å²) >= 11 is 3.40. The minimum atomic E-state index is -3.75. The molecule has 0 aliphatic heterocycles. The number of amides is 2. The summed E-state index contributed by atoms with van der Waals surface area (Å²) in [5, 5.41) is 2.92. The van der Waals surface area contributed by atoms with Crippen LogP contribution in [0.3, 0.4) is 0 Å². The third kappa shape index (κ3) is 7.30. The first-order valence-corrected chi connectivity index (χ1v) is 13.9. The molecule has 2 atom stereocenters. The lowest BCUT2D eigenvalue weighted by molar-refractivity contribution is -0.139. The zero-order valence-corrected chi connectivity index (χ0v) is 23.0. The summed E-state index contributed by atoms with van der Waals surface area (Å²) in [6.45, 7) is 9.02. The van der Waals surface area contributed by atoms with Gasteiger partial charge in [0, 0.05) is 17.1 Å². The van der Waals surface area contributed by atoms with E-state index in [0.29, 0.717) is 5.69 Å². The smallest absolute Gasteiger partial charge is 0.244 e. The van der Waals surface area contributed by atoms with Crippen LogP contribution in [0.4, 0.5) is 5.69 Å². The molecule has 0 aromatic heterocycles. The number of nitrogens with one attached hydrogen (secondary N) is 1. The van der Waals surface area contributed by atoms with E-state index < -0.39 is 28.5 Å². The van der Waals surface area contributed by atoms with E-state index in [9.17, 15) is 18.0 Å². The van der Waals surface area contributed by atoms with E-state index in [-0.39, 0.29) is 18.5 Å². The summed E-state index contributed by atoms with van der Waals surface area (Å²) in [6.07, 6.45) is 1.84. The van der Waals surface area contributed by atoms with E-state index in [2.05, 4.69) is 21.2 Å². The topological polar surface area (TPSA) is 86.8 Å². The summed E-state index contributed by atoms with van der Waals surface area (Å²) < 4.78 is 27.4. The molecular weight excluding hydrogens is 518 g/mol. The molecule has 7 nitrogen and oxygen atoms in total.